The quantitative estimate of drug-likeness (QED) is 0.347. The van der Waals surface area contributed by atoms with Gasteiger partial charge < -0.3 is 0 Å². The van der Waals surface area contributed by atoms with E-state index in [1.807, 2.05) is 0 Å². The molecule has 3 heteroatoms. The predicted octanol–water partition coefficient (Wildman–Crippen LogP) is 0.896. The zero-order valence-electron chi connectivity index (χ0n) is 7.55. The maximum absolute atomic E-state index is 5.13. The third kappa shape index (κ3) is 3.34. The SMILES string of the molecule is CC(C)C(OO[SiH3])C(C)C. The summed E-state index contributed by atoms with van der Waals surface area (Å²) < 4.78 is 4.77. The summed E-state index contributed by atoms with van der Waals surface area (Å²) in [4.78, 5) is 5.13. The van der Waals surface area contributed by atoms with E-state index in [0.717, 1.165) is 0 Å². The Hall–Kier alpha value is 0.137. The monoisotopic (exact) mass is 162 g/mol. The second-order valence-electron chi connectivity index (χ2n) is 3.22. The van der Waals surface area contributed by atoms with E-state index in [9.17, 15) is 0 Å². The van der Waals surface area contributed by atoms with Crippen LogP contribution in [0.1, 0.15) is 27.7 Å². The minimum atomic E-state index is 0.248. The summed E-state index contributed by atoms with van der Waals surface area (Å²) in [7, 11) is 0.656. The molecule has 0 atom stereocenters. The smallest absolute Gasteiger partial charge is 0.193 e. The van der Waals surface area contributed by atoms with Crippen molar-refractivity contribution in [3.8, 4) is 0 Å². The topological polar surface area (TPSA) is 18.5 Å². The van der Waals surface area contributed by atoms with Gasteiger partial charge in [0.25, 0.3) is 0 Å². The van der Waals surface area contributed by atoms with E-state index in [4.69, 9.17) is 9.46 Å². The summed E-state index contributed by atoms with van der Waals surface area (Å²) in [6.07, 6.45) is 0.248. The third-order valence-electron chi connectivity index (χ3n) is 1.52. The van der Waals surface area contributed by atoms with E-state index in [0.29, 0.717) is 22.3 Å². The minimum absolute atomic E-state index is 0.248. The molecule has 2 nitrogen and oxygen atoms in total. The van der Waals surface area contributed by atoms with E-state index >= 15 is 0 Å². The summed E-state index contributed by atoms with van der Waals surface area (Å²) in [5.41, 5.74) is 0. The van der Waals surface area contributed by atoms with Crippen LogP contribution in [0, 0.1) is 11.8 Å². The molecule has 0 aromatic rings. The molecule has 0 spiro atoms. The Morgan fingerprint density at radius 1 is 1.00 bits per heavy atom. The van der Waals surface area contributed by atoms with Crippen molar-refractivity contribution in [3.63, 3.8) is 0 Å². The Morgan fingerprint density at radius 2 is 1.40 bits per heavy atom. The highest BCUT2D eigenvalue weighted by atomic mass is 28.2. The van der Waals surface area contributed by atoms with Gasteiger partial charge in [-0.2, -0.15) is 0 Å². The molecule has 0 fully saturated rings. The molecule has 0 amide bonds. The van der Waals surface area contributed by atoms with Gasteiger partial charge in [-0.1, -0.05) is 27.7 Å². The average Bonchev–Trinajstić information content (AvgIpc) is 1.81. The van der Waals surface area contributed by atoms with Crippen molar-refractivity contribution in [1.82, 2.24) is 0 Å². The number of hydrogen-bond donors (Lipinski definition) is 0. The standard InChI is InChI=1S/C7H18O2Si/c1-5(2)7(6(3)4)8-9-10/h5-7H,1-4,10H3. The lowest BCUT2D eigenvalue weighted by Crippen LogP contribution is -2.25. The molecular formula is C7H18O2Si. The van der Waals surface area contributed by atoms with Crippen molar-refractivity contribution in [3.05, 3.63) is 0 Å². The van der Waals surface area contributed by atoms with Crippen LogP contribution in [-0.4, -0.2) is 16.6 Å². The first-order valence-electron chi connectivity index (χ1n) is 3.79. The summed E-state index contributed by atoms with van der Waals surface area (Å²) >= 11 is 0. The zero-order valence-corrected chi connectivity index (χ0v) is 9.55. The van der Waals surface area contributed by atoms with Crippen molar-refractivity contribution in [1.29, 1.82) is 0 Å². The minimum Gasteiger partial charge on any atom is -0.298 e. The summed E-state index contributed by atoms with van der Waals surface area (Å²) in [5.74, 6) is 1.07. The van der Waals surface area contributed by atoms with E-state index in [2.05, 4.69) is 27.7 Å². The normalized spacial score (nSPS) is 12.3. The van der Waals surface area contributed by atoms with Crippen LogP contribution in [0.5, 0.6) is 0 Å². The van der Waals surface area contributed by atoms with Gasteiger partial charge in [0.1, 0.15) is 0 Å². The molecule has 0 aliphatic rings. The first-order valence-corrected chi connectivity index (χ1v) is 4.60. The van der Waals surface area contributed by atoms with Crippen molar-refractivity contribution in [2.45, 2.75) is 33.8 Å². The van der Waals surface area contributed by atoms with Crippen LogP contribution in [0.25, 0.3) is 0 Å². The van der Waals surface area contributed by atoms with Crippen molar-refractivity contribution in [2.24, 2.45) is 11.8 Å². The summed E-state index contributed by atoms with van der Waals surface area (Å²) in [6, 6.07) is 0. The van der Waals surface area contributed by atoms with Crippen molar-refractivity contribution < 1.29 is 9.46 Å². The fourth-order valence-corrected chi connectivity index (χ4v) is 1.33. The molecule has 0 heterocycles. The van der Waals surface area contributed by atoms with Gasteiger partial charge in [0, 0.05) is 0 Å². The fraction of sp³-hybridized carbons (Fsp3) is 1.00. The Labute approximate surface area is 66.4 Å². The van der Waals surface area contributed by atoms with Gasteiger partial charge >= 0.3 is 0 Å². The second-order valence-corrected chi connectivity index (χ2v) is 3.55. The Morgan fingerprint density at radius 3 is 1.50 bits per heavy atom. The molecule has 0 bridgehead atoms. The summed E-state index contributed by atoms with van der Waals surface area (Å²) in [5, 5.41) is 0. The predicted molar refractivity (Wildman–Crippen MR) is 45.6 cm³/mol. The molecule has 0 saturated carbocycles. The molecule has 0 N–H and O–H groups in total. The van der Waals surface area contributed by atoms with E-state index in [1.54, 1.807) is 0 Å². The number of hydrogen-bond acceptors (Lipinski definition) is 2. The van der Waals surface area contributed by atoms with E-state index in [-0.39, 0.29) is 6.10 Å². The van der Waals surface area contributed by atoms with Gasteiger partial charge in [-0.05, 0) is 11.8 Å². The van der Waals surface area contributed by atoms with Gasteiger partial charge in [-0.3, -0.25) is 4.58 Å². The molecule has 0 aliphatic carbocycles. The average molecular weight is 162 g/mol. The third-order valence-corrected chi connectivity index (χ3v) is 1.71. The highest BCUT2D eigenvalue weighted by molar-refractivity contribution is 5.97. The summed E-state index contributed by atoms with van der Waals surface area (Å²) in [6.45, 7) is 8.58. The number of rotatable bonds is 4. The second kappa shape index (κ2) is 4.88. The van der Waals surface area contributed by atoms with Crippen LogP contribution in [0.3, 0.4) is 0 Å². The molecule has 0 saturated heterocycles. The lowest BCUT2D eigenvalue weighted by Gasteiger charge is -2.22. The zero-order chi connectivity index (χ0) is 8.15. The molecule has 0 aromatic carbocycles. The molecule has 0 unspecified atom stereocenters. The Bertz CT molecular complexity index is 75.7. The van der Waals surface area contributed by atoms with Crippen LogP contribution < -0.4 is 0 Å². The van der Waals surface area contributed by atoms with Crippen molar-refractivity contribution in [2.75, 3.05) is 0 Å². The Kier molecular flexibility index (Phi) is 4.94. The van der Waals surface area contributed by atoms with Gasteiger partial charge in [0.15, 0.2) is 10.5 Å². The highest BCUT2D eigenvalue weighted by Crippen LogP contribution is 2.15. The van der Waals surface area contributed by atoms with Gasteiger partial charge in [-0.15, -0.1) is 0 Å². The largest absolute Gasteiger partial charge is 0.298 e. The van der Waals surface area contributed by atoms with E-state index < -0.39 is 0 Å². The Balaban J connectivity index is 3.73. The molecule has 10 heavy (non-hydrogen) atoms. The first kappa shape index (κ1) is 10.1. The molecule has 0 radical (unpaired) electrons. The lowest BCUT2D eigenvalue weighted by molar-refractivity contribution is -0.264. The van der Waals surface area contributed by atoms with Crippen LogP contribution in [0.4, 0.5) is 0 Å². The van der Waals surface area contributed by atoms with Crippen molar-refractivity contribution >= 4 is 10.5 Å². The molecule has 0 rings (SSSR count). The molecule has 62 valence electrons. The first-order chi connectivity index (χ1) is 4.59. The van der Waals surface area contributed by atoms with E-state index in [1.165, 1.54) is 0 Å². The highest BCUT2D eigenvalue weighted by Gasteiger charge is 2.17. The van der Waals surface area contributed by atoms with Gasteiger partial charge in [-0.25, -0.2) is 4.89 Å². The van der Waals surface area contributed by atoms with Crippen LogP contribution in [0.15, 0.2) is 0 Å². The van der Waals surface area contributed by atoms with Crippen LogP contribution in [-0.2, 0) is 9.46 Å². The maximum Gasteiger partial charge on any atom is 0.193 e. The lowest BCUT2D eigenvalue weighted by atomic mass is 9.97. The maximum atomic E-state index is 5.13. The molecule has 0 aromatic heterocycles. The molecule has 0 aliphatic heterocycles. The van der Waals surface area contributed by atoms with Gasteiger partial charge in [0.2, 0.25) is 0 Å². The van der Waals surface area contributed by atoms with Gasteiger partial charge in [0.05, 0.1) is 6.10 Å². The molecular weight excluding hydrogens is 144 g/mol. The van der Waals surface area contributed by atoms with Crippen LogP contribution >= 0.6 is 0 Å². The van der Waals surface area contributed by atoms with Crippen LogP contribution in [0.2, 0.25) is 0 Å². The fourth-order valence-electron chi connectivity index (χ4n) is 1.10.